The van der Waals surface area contributed by atoms with Crippen LogP contribution in [0.3, 0.4) is 0 Å². The van der Waals surface area contributed by atoms with E-state index in [1.165, 1.54) is 6.07 Å². The maximum Gasteiger partial charge on any atom is 0.269 e. The summed E-state index contributed by atoms with van der Waals surface area (Å²) < 4.78 is 26.3. The number of halogens is 2. The van der Waals surface area contributed by atoms with Crippen LogP contribution in [-0.4, -0.2) is 16.1 Å². The fourth-order valence-corrected chi connectivity index (χ4v) is 2.33. The van der Waals surface area contributed by atoms with Gasteiger partial charge in [-0.1, -0.05) is 36.4 Å². The molecule has 6 heteroatoms. The van der Waals surface area contributed by atoms with E-state index >= 15 is 0 Å². The lowest BCUT2D eigenvalue weighted by atomic mass is 10.1. The van der Waals surface area contributed by atoms with Crippen molar-refractivity contribution in [2.75, 3.05) is 0 Å². The molecule has 0 aliphatic rings. The lowest BCUT2D eigenvalue weighted by molar-refractivity contribution is 0.0934. The average molecular weight is 327 g/mol. The predicted octanol–water partition coefficient (Wildman–Crippen LogP) is 3.85. The molecule has 3 rings (SSSR count). The number of hydrogen-bond donors (Lipinski definition) is 2. The van der Waals surface area contributed by atoms with Gasteiger partial charge in [-0.25, -0.2) is 8.78 Å². The van der Waals surface area contributed by atoms with Crippen LogP contribution in [0.2, 0.25) is 0 Å². The zero-order valence-electron chi connectivity index (χ0n) is 12.9. The highest BCUT2D eigenvalue weighted by atomic mass is 19.2. The minimum absolute atomic E-state index is 0.295. The number of benzene rings is 2. The Morgan fingerprint density at radius 1 is 1.08 bits per heavy atom. The second-order valence-corrected chi connectivity index (χ2v) is 5.40. The van der Waals surface area contributed by atoms with Crippen molar-refractivity contribution in [3.05, 3.63) is 77.5 Å². The summed E-state index contributed by atoms with van der Waals surface area (Å²) in [5, 5.41) is 9.53. The monoisotopic (exact) mass is 327 g/mol. The molecule has 0 fully saturated rings. The molecule has 4 nitrogen and oxygen atoms in total. The van der Waals surface area contributed by atoms with Crippen molar-refractivity contribution in [1.82, 2.24) is 15.5 Å². The van der Waals surface area contributed by atoms with Gasteiger partial charge in [-0.2, -0.15) is 5.10 Å². The average Bonchev–Trinajstić information content (AvgIpc) is 3.08. The standard InChI is InChI=1S/C18H15F2N3O/c1-11(13-7-8-14(19)15(20)9-13)21-18(24)17-10-16(22-23-17)12-5-3-2-4-6-12/h2-11H,1H3,(H,21,24)(H,22,23)/t11-/m1/s1. The predicted molar refractivity (Wildman–Crippen MR) is 86.3 cm³/mol. The van der Waals surface area contributed by atoms with Crippen LogP contribution in [0, 0.1) is 11.6 Å². The molecule has 3 aromatic rings. The highest BCUT2D eigenvalue weighted by molar-refractivity contribution is 5.93. The normalized spacial score (nSPS) is 12.0. The summed E-state index contributed by atoms with van der Waals surface area (Å²) in [5.41, 5.74) is 2.32. The van der Waals surface area contributed by atoms with Gasteiger partial charge in [0.25, 0.3) is 5.91 Å². The lowest BCUT2D eigenvalue weighted by Crippen LogP contribution is -2.27. The van der Waals surface area contributed by atoms with Crippen molar-refractivity contribution in [2.24, 2.45) is 0 Å². The van der Waals surface area contributed by atoms with E-state index in [1.54, 1.807) is 13.0 Å². The van der Waals surface area contributed by atoms with E-state index in [0.717, 1.165) is 17.7 Å². The van der Waals surface area contributed by atoms with Gasteiger partial charge in [0, 0.05) is 5.56 Å². The summed E-state index contributed by atoms with van der Waals surface area (Å²) in [5.74, 6) is -2.23. The molecule has 0 saturated heterocycles. The SMILES string of the molecule is C[C@@H](NC(=O)c1cc(-c2ccccc2)n[nH]1)c1ccc(F)c(F)c1. The van der Waals surface area contributed by atoms with Crippen LogP contribution in [0.15, 0.2) is 54.6 Å². The van der Waals surface area contributed by atoms with Gasteiger partial charge < -0.3 is 5.32 Å². The van der Waals surface area contributed by atoms with Crippen LogP contribution in [-0.2, 0) is 0 Å². The maximum atomic E-state index is 13.3. The number of rotatable bonds is 4. The number of amides is 1. The molecule has 1 atom stereocenters. The van der Waals surface area contributed by atoms with Crippen LogP contribution < -0.4 is 5.32 Å². The highest BCUT2D eigenvalue weighted by Crippen LogP contribution is 2.19. The van der Waals surface area contributed by atoms with Crippen molar-refractivity contribution in [2.45, 2.75) is 13.0 Å². The molecule has 24 heavy (non-hydrogen) atoms. The fraction of sp³-hybridized carbons (Fsp3) is 0.111. The van der Waals surface area contributed by atoms with Crippen molar-refractivity contribution >= 4 is 5.91 Å². The number of nitrogens with one attached hydrogen (secondary N) is 2. The van der Waals surface area contributed by atoms with E-state index in [4.69, 9.17) is 0 Å². The second-order valence-electron chi connectivity index (χ2n) is 5.40. The maximum absolute atomic E-state index is 13.3. The lowest BCUT2D eigenvalue weighted by Gasteiger charge is -2.13. The molecule has 0 unspecified atom stereocenters. The van der Waals surface area contributed by atoms with Crippen molar-refractivity contribution in [1.29, 1.82) is 0 Å². The molecule has 0 saturated carbocycles. The third-order valence-electron chi connectivity index (χ3n) is 3.68. The van der Waals surface area contributed by atoms with Crippen LogP contribution in [0.25, 0.3) is 11.3 Å². The van der Waals surface area contributed by atoms with E-state index in [0.29, 0.717) is 17.0 Å². The van der Waals surface area contributed by atoms with Crippen molar-refractivity contribution < 1.29 is 13.6 Å². The summed E-state index contributed by atoms with van der Waals surface area (Å²) in [6.07, 6.45) is 0. The summed E-state index contributed by atoms with van der Waals surface area (Å²) in [6.45, 7) is 1.69. The number of carbonyl (C=O) groups is 1. The molecule has 2 aromatic carbocycles. The molecule has 0 aliphatic heterocycles. The quantitative estimate of drug-likeness (QED) is 0.765. The molecular weight excluding hydrogens is 312 g/mol. The van der Waals surface area contributed by atoms with Gasteiger partial charge in [0.1, 0.15) is 5.69 Å². The number of hydrogen-bond acceptors (Lipinski definition) is 2. The van der Waals surface area contributed by atoms with Gasteiger partial charge in [0.15, 0.2) is 11.6 Å². The Morgan fingerprint density at radius 3 is 2.54 bits per heavy atom. The largest absolute Gasteiger partial charge is 0.344 e. The molecule has 0 spiro atoms. The molecule has 0 aliphatic carbocycles. The summed E-state index contributed by atoms with van der Waals surface area (Å²) in [4.78, 5) is 12.3. The van der Waals surface area contributed by atoms with E-state index < -0.39 is 17.7 Å². The van der Waals surface area contributed by atoms with Crippen LogP contribution >= 0.6 is 0 Å². The molecular formula is C18H15F2N3O. The summed E-state index contributed by atoms with van der Waals surface area (Å²) in [6, 6.07) is 14.2. The highest BCUT2D eigenvalue weighted by Gasteiger charge is 2.15. The third kappa shape index (κ3) is 3.32. The molecule has 1 aromatic heterocycles. The summed E-state index contributed by atoms with van der Waals surface area (Å²) in [7, 11) is 0. The van der Waals surface area contributed by atoms with Crippen LogP contribution in [0.5, 0.6) is 0 Å². The van der Waals surface area contributed by atoms with Crippen LogP contribution in [0.1, 0.15) is 29.0 Å². The molecule has 2 N–H and O–H groups in total. The van der Waals surface area contributed by atoms with E-state index in [9.17, 15) is 13.6 Å². The van der Waals surface area contributed by atoms with Crippen LogP contribution in [0.4, 0.5) is 8.78 Å². The molecule has 1 heterocycles. The first-order valence-corrected chi connectivity index (χ1v) is 7.41. The van der Waals surface area contributed by atoms with E-state index in [-0.39, 0.29) is 5.91 Å². The van der Waals surface area contributed by atoms with Crippen molar-refractivity contribution in [3.8, 4) is 11.3 Å². The summed E-state index contributed by atoms with van der Waals surface area (Å²) >= 11 is 0. The molecule has 0 radical (unpaired) electrons. The van der Waals surface area contributed by atoms with Gasteiger partial charge in [0.05, 0.1) is 11.7 Å². The Bertz CT molecular complexity index is 862. The molecule has 1 amide bonds. The Morgan fingerprint density at radius 2 is 1.83 bits per heavy atom. The van der Waals surface area contributed by atoms with Gasteiger partial charge >= 0.3 is 0 Å². The Kier molecular flexibility index (Phi) is 4.37. The van der Waals surface area contributed by atoms with Gasteiger partial charge in [-0.15, -0.1) is 0 Å². The number of carbonyl (C=O) groups excluding carboxylic acids is 1. The topological polar surface area (TPSA) is 57.8 Å². The first-order chi connectivity index (χ1) is 11.5. The molecule has 122 valence electrons. The Labute approximate surface area is 137 Å². The first-order valence-electron chi connectivity index (χ1n) is 7.41. The minimum atomic E-state index is -0.943. The first kappa shape index (κ1) is 15.9. The number of H-pyrrole nitrogens is 1. The van der Waals surface area contributed by atoms with Gasteiger partial charge in [-0.3, -0.25) is 9.89 Å². The number of aromatic amines is 1. The Balaban J connectivity index is 1.73. The van der Waals surface area contributed by atoms with Crippen molar-refractivity contribution in [3.63, 3.8) is 0 Å². The Hall–Kier alpha value is -3.02. The van der Waals surface area contributed by atoms with Gasteiger partial charge in [-0.05, 0) is 30.7 Å². The fourth-order valence-electron chi connectivity index (χ4n) is 2.33. The number of aromatic nitrogens is 2. The minimum Gasteiger partial charge on any atom is -0.344 e. The second kappa shape index (κ2) is 6.62. The zero-order chi connectivity index (χ0) is 17.1. The molecule has 0 bridgehead atoms. The smallest absolute Gasteiger partial charge is 0.269 e. The third-order valence-corrected chi connectivity index (χ3v) is 3.68. The number of nitrogens with zero attached hydrogens (tertiary/aromatic N) is 1. The zero-order valence-corrected chi connectivity index (χ0v) is 12.9. The van der Waals surface area contributed by atoms with E-state index in [2.05, 4.69) is 15.5 Å². The van der Waals surface area contributed by atoms with Gasteiger partial charge in [0.2, 0.25) is 0 Å². The van der Waals surface area contributed by atoms with E-state index in [1.807, 2.05) is 30.3 Å².